The van der Waals surface area contributed by atoms with Crippen LogP contribution < -0.4 is 5.73 Å². The molecule has 78 valence electrons. The lowest BCUT2D eigenvalue weighted by atomic mass is 9.80. The molecule has 1 aromatic rings. The van der Waals surface area contributed by atoms with E-state index in [0.29, 0.717) is 12.0 Å². The number of aromatic nitrogens is 4. The quantitative estimate of drug-likeness (QED) is 0.732. The summed E-state index contributed by atoms with van der Waals surface area (Å²) in [5.74, 6) is 1.93. The van der Waals surface area contributed by atoms with Crippen molar-refractivity contribution in [2.24, 2.45) is 11.8 Å². The molecule has 1 aliphatic rings. The zero-order valence-corrected chi connectivity index (χ0v) is 8.72. The number of tetrazole rings is 1. The molecular formula is C9H17N5. The number of nitrogens with zero attached hydrogens (tertiary/aromatic N) is 4. The van der Waals surface area contributed by atoms with Crippen LogP contribution in [0.5, 0.6) is 0 Å². The van der Waals surface area contributed by atoms with Crippen LogP contribution in [0.15, 0.2) is 0 Å². The maximum Gasteiger partial charge on any atom is 0.240 e. The van der Waals surface area contributed by atoms with Crippen LogP contribution >= 0.6 is 0 Å². The van der Waals surface area contributed by atoms with E-state index in [1.807, 2.05) is 0 Å². The van der Waals surface area contributed by atoms with Gasteiger partial charge in [0.2, 0.25) is 5.95 Å². The van der Waals surface area contributed by atoms with Crippen LogP contribution in [0, 0.1) is 11.8 Å². The zero-order chi connectivity index (χ0) is 10.1. The maximum atomic E-state index is 5.69. The van der Waals surface area contributed by atoms with Crippen LogP contribution in [0.25, 0.3) is 0 Å². The van der Waals surface area contributed by atoms with E-state index in [1.54, 1.807) is 4.68 Å². The number of hydrogen-bond donors (Lipinski definition) is 1. The molecule has 0 aromatic carbocycles. The Kier molecular flexibility index (Phi) is 2.39. The molecule has 2 rings (SSSR count). The van der Waals surface area contributed by atoms with Gasteiger partial charge in [0.15, 0.2) is 0 Å². The predicted octanol–water partition coefficient (Wildman–Crippen LogP) is 1.25. The van der Waals surface area contributed by atoms with Crippen LogP contribution in [0.1, 0.15) is 39.2 Å². The van der Waals surface area contributed by atoms with E-state index < -0.39 is 0 Å². The van der Waals surface area contributed by atoms with E-state index in [9.17, 15) is 0 Å². The second-order valence-electron chi connectivity index (χ2n) is 4.55. The molecule has 2 unspecified atom stereocenters. The molecule has 5 heteroatoms. The number of rotatable bonds is 1. The molecule has 0 spiro atoms. The van der Waals surface area contributed by atoms with E-state index in [0.717, 1.165) is 24.7 Å². The van der Waals surface area contributed by atoms with Crippen LogP contribution in [0.2, 0.25) is 0 Å². The lowest BCUT2D eigenvalue weighted by Crippen LogP contribution is -2.24. The van der Waals surface area contributed by atoms with Crippen LogP contribution in [-0.4, -0.2) is 20.2 Å². The minimum Gasteiger partial charge on any atom is -0.367 e. The predicted molar refractivity (Wildman–Crippen MR) is 53.4 cm³/mol. The van der Waals surface area contributed by atoms with Gasteiger partial charge in [-0.15, -0.1) is 0 Å². The third kappa shape index (κ3) is 1.71. The summed E-state index contributed by atoms with van der Waals surface area (Å²) in [5, 5.41) is 11.2. The van der Waals surface area contributed by atoms with Gasteiger partial charge in [-0.25, -0.2) is 4.68 Å². The Morgan fingerprint density at radius 3 is 2.36 bits per heavy atom. The van der Waals surface area contributed by atoms with Crippen molar-refractivity contribution in [3.05, 3.63) is 0 Å². The van der Waals surface area contributed by atoms with E-state index >= 15 is 0 Å². The Morgan fingerprint density at radius 1 is 1.21 bits per heavy atom. The number of nitrogen functional groups attached to an aromatic ring is 1. The fraction of sp³-hybridized carbons (Fsp3) is 0.889. The number of nitrogens with two attached hydrogens (primary N) is 1. The topological polar surface area (TPSA) is 69.6 Å². The summed E-state index contributed by atoms with van der Waals surface area (Å²) in [5.41, 5.74) is 5.69. The molecule has 14 heavy (non-hydrogen) atoms. The second-order valence-corrected chi connectivity index (χ2v) is 4.55. The maximum absolute atomic E-state index is 5.69. The summed E-state index contributed by atoms with van der Waals surface area (Å²) >= 11 is 0. The van der Waals surface area contributed by atoms with E-state index in [1.165, 1.54) is 6.42 Å². The summed E-state index contributed by atoms with van der Waals surface area (Å²) in [4.78, 5) is 0. The molecule has 0 aliphatic heterocycles. The number of hydrogen-bond acceptors (Lipinski definition) is 4. The van der Waals surface area contributed by atoms with Crippen molar-refractivity contribution >= 4 is 5.95 Å². The van der Waals surface area contributed by atoms with E-state index in [4.69, 9.17) is 5.73 Å². The van der Waals surface area contributed by atoms with E-state index in [2.05, 4.69) is 29.4 Å². The second kappa shape index (κ2) is 3.55. The average Bonchev–Trinajstić information content (AvgIpc) is 2.49. The van der Waals surface area contributed by atoms with Crippen LogP contribution in [0.3, 0.4) is 0 Å². The third-order valence-electron chi connectivity index (χ3n) is 3.02. The van der Waals surface area contributed by atoms with Gasteiger partial charge in [-0.2, -0.15) is 0 Å². The smallest absolute Gasteiger partial charge is 0.240 e. The molecule has 0 bridgehead atoms. The monoisotopic (exact) mass is 195 g/mol. The van der Waals surface area contributed by atoms with Crippen molar-refractivity contribution in [3.8, 4) is 0 Å². The highest BCUT2D eigenvalue weighted by Gasteiger charge is 2.27. The summed E-state index contributed by atoms with van der Waals surface area (Å²) in [6, 6.07) is 0.392. The number of anilines is 1. The molecule has 2 N–H and O–H groups in total. The fourth-order valence-corrected chi connectivity index (χ4v) is 2.56. The minimum absolute atomic E-state index is 0.392. The highest BCUT2D eigenvalue weighted by molar-refractivity contribution is 5.11. The molecule has 2 atom stereocenters. The van der Waals surface area contributed by atoms with Crippen molar-refractivity contribution in [1.82, 2.24) is 20.2 Å². The molecule has 0 amide bonds. The van der Waals surface area contributed by atoms with Gasteiger partial charge in [-0.05, 0) is 41.5 Å². The Labute approximate surface area is 83.7 Å². The van der Waals surface area contributed by atoms with Crippen molar-refractivity contribution in [2.45, 2.75) is 39.2 Å². The largest absolute Gasteiger partial charge is 0.367 e. The Hall–Kier alpha value is -1.13. The van der Waals surface area contributed by atoms with Gasteiger partial charge in [0.05, 0.1) is 6.04 Å². The van der Waals surface area contributed by atoms with Crippen molar-refractivity contribution in [2.75, 3.05) is 5.73 Å². The first-order chi connectivity index (χ1) is 6.66. The van der Waals surface area contributed by atoms with Gasteiger partial charge >= 0.3 is 0 Å². The molecule has 1 aromatic heterocycles. The summed E-state index contributed by atoms with van der Waals surface area (Å²) in [6.45, 7) is 4.56. The van der Waals surface area contributed by atoms with Gasteiger partial charge in [0.25, 0.3) is 0 Å². The first-order valence-corrected chi connectivity index (χ1v) is 5.20. The molecule has 1 heterocycles. The van der Waals surface area contributed by atoms with Gasteiger partial charge in [0.1, 0.15) is 0 Å². The summed E-state index contributed by atoms with van der Waals surface area (Å²) in [7, 11) is 0. The molecule has 0 saturated heterocycles. The summed E-state index contributed by atoms with van der Waals surface area (Å²) < 4.78 is 1.77. The Balaban J connectivity index is 2.15. The highest BCUT2D eigenvalue weighted by atomic mass is 15.6. The van der Waals surface area contributed by atoms with Gasteiger partial charge in [-0.3, -0.25) is 0 Å². The fourth-order valence-electron chi connectivity index (χ4n) is 2.56. The average molecular weight is 195 g/mol. The normalized spacial score (nSPS) is 33.1. The lowest BCUT2D eigenvalue weighted by molar-refractivity contribution is 0.210. The van der Waals surface area contributed by atoms with E-state index in [-0.39, 0.29) is 0 Å². The summed E-state index contributed by atoms with van der Waals surface area (Å²) in [6.07, 6.45) is 3.58. The first kappa shape index (κ1) is 9.43. The van der Waals surface area contributed by atoms with Gasteiger partial charge < -0.3 is 5.73 Å². The SMILES string of the molecule is CC1CC(C)CC(n2nnnc2N)C1. The molecule has 0 radical (unpaired) electrons. The molecule has 5 nitrogen and oxygen atoms in total. The lowest BCUT2D eigenvalue weighted by Gasteiger charge is -2.31. The van der Waals surface area contributed by atoms with Crippen LogP contribution in [0.4, 0.5) is 5.95 Å². The first-order valence-electron chi connectivity index (χ1n) is 5.20. The van der Waals surface area contributed by atoms with Gasteiger partial charge in [-0.1, -0.05) is 18.9 Å². The Morgan fingerprint density at radius 2 is 1.86 bits per heavy atom. The Bertz CT molecular complexity index is 298. The van der Waals surface area contributed by atoms with Crippen LogP contribution in [-0.2, 0) is 0 Å². The molecular weight excluding hydrogens is 178 g/mol. The van der Waals surface area contributed by atoms with Gasteiger partial charge in [0, 0.05) is 0 Å². The molecule has 1 aliphatic carbocycles. The standard InChI is InChI=1S/C9H17N5/c1-6-3-7(2)5-8(4-6)14-9(10)11-12-13-14/h6-8H,3-5H2,1-2H3,(H2,10,11,13). The van der Waals surface area contributed by atoms with Crippen molar-refractivity contribution in [1.29, 1.82) is 0 Å². The van der Waals surface area contributed by atoms with Crippen molar-refractivity contribution in [3.63, 3.8) is 0 Å². The molecule has 1 fully saturated rings. The van der Waals surface area contributed by atoms with Crippen molar-refractivity contribution < 1.29 is 0 Å². The minimum atomic E-state index is 0.392. The third-order valence-corrected chi connectivity index (χ3v) is 3.02. The zero-order valence-electron chi connectivity index (χ0n) is 8.72. The highest BCUT2D eigenvalue weighted by Crippen LogP contribution is 2.35. The molecule has 1 saturated carbocycles.